The van der Waals surface area contributed by atoms with Crippen LogP contribution in [0.1, 0.15) is 11.1 Å². The Kier molecular flexibility index (Phi) is 5.97. The van der Waals surface area contributed by atoms with Gasteiger partial charge in [-0.3, -0.25) is 9.71 Å². The van der Waals surface area contributed by atoms with Crippen LogP contribution in [0, 0.1) is 0 Å². The molecule has 5 rings (SSSR count). The van der Waals surface area contributed by atoms with E-state index in [2.05, 4.69) is 14.7 Å². The molecule has 6 nitrogen and oxygen atoms in total. The number of pyridine rings is 1. The third-order valence-corrected chi connectivity index (χ3v) is 7.02. The van der Waals surface area contributed by atoms with Gasteiger partial charge < -0.3 is 4.57 Å². The number of hydrogen-bond donors (Lipinski definition) is 1. The smallest absolute Gasteiger partial charge is 0.327 e. The summed E-state index contributed by atoms with van der Waals surface area (Å²) in [5.41, 5.74) is 1.18. The Balaban J connectivity index is 1.37. The lowest BCUT2D eigenvalue weighted by atomic mass is 10.1. The lowest BCUT2D eigenvalue weighted by Crippen LogP contribution is -2.13. The van der Waals surface area contributed by atoms with E-state index in [0.717, 1.165) is 12.1 Å². The van der Waals surface area contributed by atoms with Crippen molar-refractivity contribution in [1.29, 1.82) is 0 Å². The maximum atomic E-state index is 13.1. The number of benzene rings is 3. The first-order valence-corrected chi connectivity index (χ1v) is 12.3. The average Bonchev–Trinajstić information content (AvgIpc) is 3.31. The maximum Gasteiger partial charge on any atom is 0.416 e. The number of para-hydroxylation sites is 1. The van der Waals surface area contributed by atoms with Gasteiger partial charge >= 0.3 is 6.18 Å². The molecule has 0 bridgehead atoms. The zero-order valence-electron chi connectivity index (χ0n) is 18.6. The van der Waals surface area contributed by atoms with Crippen molar-refractivity contribution in [2.75, 3.05) is 4.72 Å². The first kappa shape index (κ1) is 23.6. The number of fused-ring (bicyclic) bond motifs is 1. The number of anilines is 1. The molecule has 0 radical (unpaired) electrons. The summed E-state index contributed by atoms with van der Waals surface area (Å²) in [6.07, 6.45) is 0.365. The minimum Gasteiger partial charge on any atom is -0.327 e. The van der Waals surface area contributed by atoms with Crippen molar-refractivity contribution in [3.63, 3.8) is 0 Å². The van der Waals surface area contributed by atoms with E-state index in [1.807, 2.05) is 0 Å². The molecule has 0 aliphatic rings. The van der Waals surface area contributed by atoms with Gasteiger partial charge in [0.05, 0.1) is 11.1 Å². The standard InChI is InChI=1S/C26H19F3N4O2S/c27-26(28,29)21-7-1-4-18(16-21)17-33-15-14-31-25(33)20-9-11-22(12-10-20)32-36(34,35)23-8-2-5-19-6-3-13-30-24(19)23/h1-16,32H,17H2. The summed E-state index contributed by atoms with van der Waals surface area (Å²) in [5, 5.41) is 0.711. The number of alkyl halides is 3. The van der Waals surface area contributed by atoms with Crippen molar-refractivity contribution in [1.82, 2.24) is 14.5 Å². The molecule has 0 saturated heterocycles. The van der Waals surface area contributed by atoms with E-state index in [-0.39, 0.29) is 11.4 Å². The van der Waals surface area contributed by atoms with Gasteiger partial charge in [0.1, 0.15) is 10.7 Å². The van der Waals surface area contributed by atoms with Crippen LogP contribution in [0.2, 0.25) is 0 Å². The zero-order chi connectivity index (χ0) is 25.3. The van der Waals surface area contributed by atoms with Crippen molar-refractivity contribution in [2.45, 2.75) is 17.6 Å². The lowest BCUT2D eigenvalue weighted by molar-refractivity contribution is -0.137. The molecule has 5 aromatic rings. The molecule has 1 N–H and O–H groups in total. The topological polar surface area (TPSA) is 76.9 Å². The Morgan fingerprint density at radius 3 is 2.39 bits per heavy atom. The zero-order valence-corrected chi connectivity index (χ0v) is 19.5. The molecule has 36 heavy (non-hydrogen) atoms. The first-order valence-electron chi connectivity index (χ1n) is 10.8. The number of nitrogens with one attached hydrogen (secondary N) is 1. The van der Waals surface area contributed by atoms with E-state index in [4.69, 9.17) is 0 Å². The summed E-state index contributed by atoms with van der Waals surface area (Å²) in [7, 11) is -3.90. The van der Waals surface area contributed by atoms with Crippen molar-refractivity contribution in [3.8, 4) is 11.4 Å². The predicted octanol–water partition coefficient (Wildman–Crippen LogP) is 5.97. The number of halogens is 3. The summed E-state index contributed by atoms with van der Waals surface area (Å²) in [5.74, 6) is 0.542. The van der Waals surface area contributed by atoms with Gasteiger partial charge in [-0.25, -0.2) is 13.4 Å². The predicted molar refractivity (Wildman–Crippen MR) is 131 cm³/mol. The van der Waals surface area contributed by atoms with Crippen LogP contribution in [0.15, 0.2) is 102 Å². The Morgan fingerprint density at radius 2 is 1.61 bits per heavy atom. The van der Waals surface area contributed by atoms with Gasteiger partial charge in [-0.2, -0.15) is 13.2 Å². The van der Waals surface area contributed by atoms with Crippen LogP contribution < -0.4 is 4.72 Å². The van der Waals surface area contributed by atoms with Gasteiger partial charge in [-0.05, 0) is 54.1 Å². The molecule has 182 valence electrons. The van der Waals surface area contributed by atoms with Crippen LogP contribution in [0.5, 0.6) is 0 Å². The molecule has 0 saturated carbocycles. The first-order chi connectivity index (χ1) is 17.2. The van der Waals surface area contributed by atoms with E-state index in [1.165, 1.54) is 18.3 Å². The van der Waals surface area contributed by atoms with E-state index in [0.29, 0.717) is 33.5 Å². The van der Waals surface area contributed by atoms with Gasteiger partial charge in [0.15, 0.2) is 0 Å². The largest absolute Gasteiger partial charge is 0.416 e. The average molecular weight is 509 g/mol. The lowest BCUT2D eigenvalue weighted by Gasteiger charge is -2.12. The Hall–Kier alpha value is -4.18. The van der Waals surface area contributed by atoms with E-state index >= 15 is 0 Å². The van der Waals surface area contributed by atoms with Crippen molar-refractivity contribution < 1.29 is 21.6 Å². The quantitative estimate of drug-likeness (QED) is 0.307. The molecule has 0 aliphatic carbocycles. The Morgan fingerprint density at radius 1 is 0.861 bits per heavy atom. The second kappa shape index (κ2) is 9.12. The van der Waals surface area contributed by atoms with Gasteiger partial charge in [0.2, 0.25) is 0 Å². The molecule has 0 aliphatic heterocycles. The molecular formula is C26H19F3N4O2S. The molecule has 0 atom stereocenters. The number of sulfonamides is 1. The molecule has 2 heterocycles. The van der Waals surface area contributed by atoms with Gasteiger partial charge in [-0.1, -0.05) is 30.3 Å². The third-order valence-electron chi connectivity index (χ3n) is 5.60. The molecule has 0 fully saturated rings. The highest BCUT2D eigenvalue weighted by Crippen LogP contribution is 2.30. The van der Waals surface area contributed by atoms with Gasteiger partial charge in [-0.15, -0.1) is 0 Å². The third kappa shape index (κ3) is 4.80. The van der Waals surface area contributed by atoms with E-state index in [1.54, 1.807) is 71.6 Å². The maximum absolute atomic E-state index is 13.1. The Labute approximate surface area is 205 Å². The molecule has 0 unspecified atom stereocenters. The van der Waals surface area contributed by atoms with Crippen molar-refractivity contribution in [2.24, 2.45) is 0 Å². The van der Waals surface area contributed by atoms with Crippen LogP contribution in [0.3, 0.4) is 0 Å². The van der Waals surface area contributed by atoms with Crippen LogP contribution >= 0.6 is 0 Å². The highest BCUT2D eigenvalue weighted by atomic mass is 32.2. The SMILES string of the molecule is O=S(=O)(Nc1ccc(-c2nccn2Cc2cccc(C(F)(F)F)c2)cc1)c1cccc2cccnc12. The highest BCUT2D eigenvalue weighted by Gasteiger charge is 2.30. The monoisotopic (exact) mass is 508 g/mol. The van der Waals surface area contributed by atoms with Crippen LogP contribution in [0.25, 0.3) is 22.3 Å². The molecule has 3 aromatic carbocycles. The van der Waals surface area contributed by atoms with Crippen molar-refractivity contribution in [3.05, 3.63) is 109 Å². The van der Waals surface area contributed by atoms with E-state index in [9.17, 15) is 21.6 Å². The number of rotatable bonds is 6. The molecule has 10 heteroatoms. The molecule has 0 amide bonds. The molecular weight excluding hydrogens is 489 g/mol. The minimum atomic E-state index is -4.42. The van der Waals surface area contributed by atoms with Gasteiger partial charge in [0.25, 0.3) is 10.0 Å². The summed E-state index contributed by atoms with van der Waals surface area (Å²) in [6, 6.07) is 20.2. The minimum absolute atomic E-state index is 0.0707. The van der Waals surface area contributed by atoms with E-state index < -0.39 is 21.8 Å². The summed E-state index contributed by atoms with van der Waals surface area (Å²) >= 11 is 0. The number of hydrogen-bond acceptors (Lipinski definition) is 4. The molecule has 2 aromatic heterocycles. The fraction of sp³-hybridized carbons (Fsp3) is 0.0769. The van der Waals surface area contributed by atoms with Crippen LogP contribution in [-0.2, 0) is 22.7 Å². The summed E-state index contributed by atoms with van der Waals surface area (Å²) in [6.45, 7) is 0.196. The highest BCUT2D eigenvalue weighted by molar-refractivity contribution is 7.93. The van der Waals surface area contributed by atoms with Gasteiger partial charge in [0, 0.05) is 41.8 Å². The Bertz CT molecular complexity index is 1640. The number of aromatic nitrogens is 3. The fourth-order valence-corrected chi connectivity index (χ4v) is 5.17. The second-order valence-corrected chi connectivity index (χ2v) is 9.74. The molecule has 0 spiro atoms. The summed E-state index contributed by atoms with van der Waals surface area (Å²) < 4.78 is 69.6. The number of nitrogens with zero attached hydrogens (tertiary/aromatic N) is 3. The second-order valence-electron chi connectivity index (χ2n) is 8.09. The van der Waals surface area contributed by atoms with Crippen LogP contribution in [-0.4, -0.2) is 23.0 Å². The number of imidazole rings is 1. The summed E-state index contributed by atoms with van der Waals surface area (Å²) in [4.78, 5) is 8.61. The van der Waals surface area contributed by atoms with Crippen LogP contribution in [0.4, 0.5) is 18.9 Å². The fourth-order valence-electron chi connectivity index (χ4n) is 3.93. The normalized spacial score (nSPS) is 12.1. The van der Waals surface area contributed by atoms with Crippen molar-refractivity contribution >= 4 is 26.6 Å².